The van der Waals surface area contributed by atoms with Crippen LogP contribution in [0.2, 0.25) is 0 Å². The summed E-state index contributed by atoms with van der Waals surface area (Å²) in [5.41, 5.74) is 0.682. The summed E-state index contributed by atoms with van der Waals surface area (Å²) in [5, 5.41) is 4.66. The van der Waals surface area contributed by atoms with Gasteiger partial charge in [-0.15, -0.1) is 0 Å². The number of thiazole rings is 1. The highest BCUT2D eigenvalue weighted by Gasteiger charge is 2.24. The van der Waals surface area contributed by atoms with E-state index in [0.717, 1.165) is 24.3 Å². The minimum atomic E-state index is -0.106. The Kier molecular flexibility index (Phi) is 6.41. The van der Waals surface area contributed by atoms with E-state index in [-0.39, 0.29) is 12.5 Å². The van der Waals surface area contributed by atoms with Crippen LogP contribution in [0, 0.1) is 0 Å². The van der Waals surface area contributed by atoms with Crippen LogP contribution in [0.15, 0.2) is 24.8 Å². The van der Waals surface area contributed by atoms with Gasteiger partial charge in [0.05, 0.1) is 27.4 Å². The number of rotatable bonds is 8. The third-order valence-electron chi connectivity index (χ3n) is 4.94. The Morgan fingerprint density at radius 2 is 2.00 bits per heavy atom. The normalized spacial score (nSPS) is 14.7. The lowest BCUT2D eigenvalue weighted by atomic mass is 10.3. The van der Waals surface area contributed by atoms with Crippen molar-refractivity contribution in [3.8, 4) is 11.5 Å². The van der Waals surface area contributed by atoms with Gasteiger partial charge >= 0.3 is 0 Å². The number of carbonyl (C=O) groups is 1. The van der Waals surface area contributed by atoms with Crippen LogP contribution in [0.5, 0.6) is 11.5 Å². The number of ether oxygens (including phenoxy) is 3. The number of benzene rings is 1. The first-order chi connectivity index (χ1) is 14.7. The molecule has 160 valence electrons. The van der Waals surface area contributed by atoms with Crippen LogP contribution in [0.25, 0.3) is 10.2 Å². The molecule has 0 unspecified atom stereocenters. The number of anilines is 1. The predicted molar refractivity (Wildman–Crippen MR) is 112 cm³/mol. The molecule has 0 N–H and O–H groups in total. The molecule has 1 aliphatic rings. The Morgan fingerprint density at radius 3 is 2.70 bits per heavy atom. The fourth-order valence-electron chi connectivity index (χ4n) is 3.32. The lowest BCUT2D eigenvalue weighted by molar-refractivity contribution is -0.119. The van der Waals surface area contributed by atoms with Crippen molar-refractivity contribution < 1.29 is 19.0 Å². The zero-order valence-electron chi connectivity index (χ0n) is 17.0. The van der Waals surface area contributed by atoms with Gasteiger partial charge in [0.2, 0.25) is 0 Å². The zero-order chi connectivity index (χ0) is 20.9. The molecule has 1 aromatic carbocycles. The van der Waals surface area contributed by atoms with Gasteiger partial charge in [-0.05, 0) is 12.1 Å². The van der Waals surface area contributed by atoms with Crippen molar-refractivity contribution in [1.29, 1.82) is 0 Å². The molecule has 3 heterocycles. The van der Waals surface area contributed by atoms with E-state index in [0.29, 0.717) is 41.9 Å². The van der Waals surface area contributed by atoms with Gasteiger partial charge in [0, 0.05) is 26.2 Å². The van der Waals surface area contributed by atoms with Gasteiger partial charge in [-0.1, -0.05) is 11.3 Å². The number of morpholine rings is 1. The molecule has 2 aromatic heterocycles. The van der Waals surface area contributed by atoms with Gasteiger partial charge in [-0.2, -0.15) is 5.10 Å². The Balaban J connectivity index is 1.64. The maximum atomic E-state index is 13.2. The maximum absolute atomic E-state index is 13.2. The van der Waals surface area contributed by atoms with Crippen LogP contribution < -0.4 is 14.4 Å². The van der Waals surface area contributed by atoms with Gasteiger partial charge in [0.15, 0.2) is 5.13 Å². The Hall–Kier alpha value is -2.76. The summed E-state index contributed by atoms with van der Waals surface area (Å²) < 4.78 is 18.7. The number of aromatic nitrogens is 4. The monoisotopic (exact) mass is 432 g/mol. The molecule has 0 bridgehead atoms. The summed E-state index contributed by atoms with van der Waals surface area (Å²) in [4.78, 5) is 25.8. The molecular weight excluding hydrogens is 408 g/mol. The number of nitrogens with zero attached hydrogens (tertiary/aromatic N) is 6. The van der Waals surface area contributed by atoms with Gasteiger partial charge in [0.1, 0.15) is 40.9 Å². The molecule has 1 amide bonds. The van der Waals surface area contributed by atoms with Crippen LogP contribution in [0.1, 0.15) is 0 Å². The first-order valence-electron chi connectivity index (χ1n) is 9.64. The second-order valence-corrected chi connectivity index (χ2v) is 7.71. The molecule has 0 saturated carbocycles. The second-order valence-electron chi connectivity index (χ2n) is 6.74. The molecule has 0 aliphatic carbocycles. The van der Waals surface area contributed by atoms with E-state index in [1.54, 1.807) is 19.1 Å². The molecule has 0 spiro atoms. The van der Waals surface area contributed by atoms with Crippen molar-refractivity contribution in [1.82, 2.24) is 24.6 Å². The number of carbonyl (C=O) groups excluding carboxylic acids is 1. The van der Waals surface area contributed by atoms with Crippen molar-refractivity contribution in [2.24, 2.45) is 0 Å². The van der Waals surface area contributed by atoms with Gasteiger partial charge in [-0.25, -0.2) is 14.6 Å². The van der Waals surface area contributed by atoms with Crippen LogP contribution in [-0.2, 0) is 16.1 Å². The topological polar surface area (TPSA) is 94.8 Å². The quantitative estimate of drug-likeness (QED) is 0.525. The molecule has 1 fully saturated rings. The minimum Gasteiger partial charge on any atom is -0.495 e. The maximum Gasteiger partial charge on any atom is 0.250 e. The first kappa shape index (κ1) is 20.5. The van der Waals surface area contributed by atoms with Crippen molar-refractivity contribution in [2.45, 2.75) is 6.54 Å². The highest BCUT2D eigenvalue weighted by atomic mass is 32.1. The standard InChI is InChI=1S/C19H24N6O4S/c1-27-14-3-4-15(28-2)18-17(14)22-19(30-18)25(6-5-23-7-9-29-10-8-23)16(26)11-24-13-20-12-21-24/h3-4,12-13H,5-11H2,1-2H3. The number of hydrogen-bond donors (Lipinski definition) is 0. The number of methoxy groups -OCH3 is 2. The van der Waals surface area contributed by atoms with E-state index >= 15 is 0 Å². The van der Waals surface area contributed by atoms with Gasteiger partial charge in [0.25, 0.3) is 5.91 Å². The second kappa shape index (κ2) is 9.37. The molecule has 0 atom stereocenters. The van der Waals surface area contributed by atoms with E-state index in [4.69, 9.17) is 19.2 Å². The van der Waals surface area contributed by atoms with Crippen LogP contribution in [-0.4, -0.2) is 84.2 Å². The van der Waals surface area contributed by atoms with E-state index in [1.807, 2.05) is 12.1 Å². The van der Waals surface area contributed by atoms with Gasteiger partial charge in [-0.3, -0.25) is 14.6 Å². The predicted octanol–water partition coefficient (Wildman–Crippen LogP) is 1.27. The number of amides is 1. The largest absolute Gasteiger partial charge is 0.495 e. The summed E-state index contributed by atoms with van der Waals surface area (Å²) in [7, 11) is 3.22. The lowest BCUT2D eigenvalue weighted by Crippen LogP contribution is -2.44. The lowest BCUT2D eigenvalue weighted by Gasteiger charge is -2.29. The molecule has 1 saturated heterocycles. The molecule has 30 heavy (non-hydrogen) atoms. The van der Waals surface area contributed by atoms with E-state index in [2.05, 4.69) is 15.0 Å². The average Bonchev–Trinajstić information content (AvgIpc) is 3.44. The van der Waals surface area contributed by atoms with E-state index in [1.165, 1.54) is 28.7 Å². The SMILES string of the molecule is COc1ccc(OC)c2sc(N(CCN3CCOCC3)C(=O)Cn3cncn3)nc12. The summed E-state index contributed by atoms with van der Waals surface area (Å²) in [6, 6.07) is 3.67. The summed E-state index contributed by atoms with van der Waals surface area (Å²) in [6.07, 6.45) is 2.95. The van der Waals surface area contributed by atoms with Gasteiger partial charge < -0.3 is 14.2 Å². The van der Waals surface area contributed by atoms with E-state index in [9.17, 15) is 4.79 Å². The third kappa shape index (κ3) is 4.37. The molecule has 11 heteroatoms. The summed E-state index contributed by atoms with van der Waals surface area (Å²) >= 11 is 1.41. The Bertz CT molecular complexity index is 945. The smallest absolute Gasteiger partial charge is 0.250 e. The third-order valence-corrected chi connectivity index (χ3v) is 6.03. The Morgan fingerprint density at radius 1 is 1.23 bits per heavy atom. The highest BCUT2D eigenvalue weighted by Crippen LogP contribution is 2.40. The molecule has 3 aromatic rings. The van der Waals surface area contributed by atoms with Crippen LogP contribution in [0.4, 0.5) is 5.13 Å². The average molecular weight is 433 g/mol. The molecular formula is C19H24N6O4S. The van der Waals surface area contributed by atoms with E-state index < -0.39 is 0 Å². The fraction of sp³-hybridized carbons (Fsp3) is 0.474. The van der Waals surface area contributed by atoms with Crippen LogP contribution >= 0.6 is 11.3 Å². The summed E-state index contributed by atoms with van der Waals surface area (Å²) in [6.45, 7) is 4.46. The highest BCUT2D eigenvalue weighted by molar-refractivity contribution is 7.22. The van der Waals surface area contributed by atoms with Crippen molar-refractivity contribution in [3.63, 3.8) is 0 Å². The summed E-state index contributed by atoms with van der Waals surface area (Å²) in [5.74, 6) is 1.24. The molecule has 1 aliphatic heterocycles. The van der Waals surface area contributed by atoms with Crippen molar-refractivity contribution in [3.05, 3.63) is 24.8 Å². The number of fused-ring (bicyclic) bond motifs is 1. The Labute approximate surface area is 178 Å². The molecule has 4 rings (SSSR count). The fourth-order valence-corrected chi connectivity index (χ4v) is 4.44. The first-order valence-corrected chi connectivity index (χ1v) is 10.5. The number of hydrogen-bond acceptors (Lipinski definition) is 9. The zero-order valence-corrected chi connectivity index (χ0v) is 17.8. The molecule has 10 nitrogen and oxygen atoms in total. The van der Waals surface area contributed by atoms with Crippen molar-refractivity contribution >= 4 is 32.6 Å². The van der Waals surface area contributed by atoms with Crippen molar-refractivity contribution in [2.75, 3.05) is 58.5 Å². The van der Waals surface area contributed by atoms with Crippen LogP contribution in [0.3, 0.4) is 0 Å². The molecule has 0 radical (unpaired) electrons. The minimum absolute atomic E-state index is 0.0906.